The highest BCUT2D eigenvalue weighted by molar-refractivity contribution is 5.37. The van der Waals surface area contributed by atoms with E-state index in [1.54, 1.807) is 0 Å². The van der Waals surface area contributed by atoms with Gasteiger partial charge in [0.2, 0.25) is 5.79 Å². The highest BCUT2D eigenvalue weighted by atomic mass is 19.2. The van der Waals surface area contributed by atoms with Gasteiger partial charge in [0.25, 0.3) is 0 Å². The second kappa shape index (κ2) is 3.84. The first-order valence-electron chi connectivity index (χ1n) is 3.66. The summed E-state index contributed by atoms with van der Waals surface area (Å²) in [7, 11) is 0. The van der Waals surface area contributed by atoms with E-state index in [1.165, 1.54) is 0 Å². The first-order valence-corrected chi connectivity index (χ1v) is 3.66. The van der Waals surface area contributed by atoms with E-state index in [4.69, 9.17) is 6.42 Å². The minimum Gasteiger partial charge on any atom is -0.268 e. The molecule has 0 fully saturated rings. The van der Waals surface area contributed by atoms with Gasteiger partial charge in [-0.15, -0.1) is 6.42 Å². The molecule has 1 atom stereocenters. The van der Waals surface area contributed by atoms with Gasteiger partial charge in [-0.25, -0.2) is 17.6 Å². The van der Waals surface area contributed by atoms with Crippen LogP contribution in [0.4, 0.5) is 17.6 Å². The SMILES string of the molecule is C#CCNC1(F)[CH]C(F)=C(F)C=C1F. The first kappa shape index (κ1) is 10.8. The Balaban J connectivity index is 2.86. The molecule has 1 aliphatic rings. The van der Waals surface area contributed by atoms with Gasteiger partial charge < -0.3 is 0 Å². The standard InChI is InChI=1S/C9H6F4N/c1-2-3-14-9(13)5-7(11)6(10)4-8(9)12/h1,4-5,14H,3H2. The van der Waals surface area contributed by atoms with Crippen molar-refractivity contribution in [2.24, 2.45) is 0 Å². The van der Waals surface area contributed by atoms with E-state index in [2.05, 4.69) is 0 Å². The average Bonchev–Trinajstić information content (AvgIpc) is 2.12. The van der Waals surface area contributed by atoms with Gasteiger partial charge in [-0.1, -0.05) is 5.92 Å². The third-order valence-electron chi connectivity index (χ3n) is 1.60. The normalized spacial score (nSPS) is 27.2. The Hall–Kier alpha value is -1.28. The van der Waals surface area contributed by atoms with Gasteiger partial charge in [0.05, 0.1) is 13.0 Å². The van der Waals surface area contributed by atoms with Gasteiger partial charge in [0.15, 0.2) is 11.7 Å². The minimum absolute atomic E-state index is 0.138. The molecule has 0 saturated carbocycles. The molecule has 1 rings (SSSR count). The van der Waals surface area contributed by atoms with Crippen molar-refractivity contribution in [3.05, 3.63) is 30.0 Å². The number of hydrogen-bond acceptors (Lipinski definition) is 1. The largest absolute Gasteiger partial charge is 0.268 e. The van der Waals surface area contributed by atoms with Crippen LogP contribution in [0.15, 0.2) is 23.6 Å². The summed E-state index contributed by atoms with van der Waals surface area (Å²) < 4.78 is 51.3. The van der Waals surface area contributed by atoms with Crippen LogP contribution in [0.1, 0.15) is 0 Å². The van der Waals surface area contributed by atoms with E-state index in [0.29, 0.717) is 0 Å². The Bertz CT molecular complexity index is 339. The van der Waals surface area contributed by atoms with Crippen molar-refractivity contribution in [2.75, 3.05) is 6.54 Å². The average molecular weight is 204 g/mol. The number of alkyl halides is 1. The zero-order chi connectivity index (χ0) is 10.8. The predicted molar refractivity (Wildman–Crippen MR) is 43.4 cm³/mol. The molecule has 0 spiro atoms. The lowest BCUT2D eigenvalue weighted by atomic mass is 10.0. The van der Waals surface area contributed by atoms with Crippen LogP contribution in [0, 0.1) is 18.8 Å². The zero-order valence-corrected chi connectivity index (χ0v) is 6.95. The Morgan fingerprint density at radius 2 is 2.00 bits per heavy atom. The summed E-state index contributed by atoms with van der Waals surface area (Å²) in [6.45, 7) is -0.302. The summed E-state index contributed by atoms with van der Waals surface area (Å²) in [5.74, 6) is -5.24. The van der Waals surface area contributed by atoms with Crippen LogP contribution in [0.2, 0.25) is 0 Å². The van der Waals surface area contributed by atoms with Gasteiger partial charge in [0, 0.05) is 6.08 Å². The van der Waals surface area contributed by atoms with Crippen molar-refractivity contribution in [2.45, 2.75) is 5.79 Å². The molecule has 0 aliphatic heterocycles. The molecule has 1 aliphatic carbocycles. The quantitative estimate of drug-likeness (QED) is 0.412. The monoisotopic (exact) mass is 204 g/mol. The van der Waals surface area contributed by atoms with Crippen molar-refractivity contribution >= 4 is 0 Å². The van der Waals surface area contributed by atoms with Gasteiger partial charge in [-0.2, -0.15) is 0 Å². The van der Waals surface area contributed by atoms with Crippen molar-refractivity contribution in [3.8, 4) is 12.3 Å². The number of hydrogen-bond donors (Lipinski definition) is 1. The topological polar surface area (TPSA) is 12.0 Å². The van der Waals surface area contributed by atoms with Crippen LogP contribution in [0.5, 0.6) is 0 Å². The summed E-state index contributed by atoms with van der Waals surface area (Å²) in [5.41, 5.74) is 0. The maximum atomic E-state index is 13.4. The fourth-order valence-electron chi connectivity index (χ4n) is 0.913. The minimum atomic E-state index is -2.86. The van der Waals surface area contributed by atoms with E-state index in [0.717, 1.165) is 0 Å². The third-order valence-corrected chi connectivity index (χ3v) is 1.60. The smallest absolute Gasteiger partial charge is 0.224 e. The number of nitrogens with one attached hydrogen (secondary N) is 1. The molecule has 1 radical (unpaired) electrons. The molecular formula is C9H6F4N. The number of allylic oxidation sites excluding steroid dienone is 2. The Kier molecular flexibility index (Phi) is 2.96. The van der Waals surface area contributed by atoms with Crippen molar-refractivity contribution in [1.82, 2.24) is 5.32 Å². The van der Waals surface area contributed by atoms with Crippen LogP contribution in [0.25, 0.3) is 0 Å². The van der Waals surface area contributed by atoms with E-state index >= 15 is 0 Å². The van der Waals surface area contributed by atoms with Gasteiger partial charge >= 0.3 is 0 Å². The molecule has 0 aromatic rings. The highest BCUT2D eigenvalue weighted by Gasteiger charge is 2.40. The predicted octanol–water partition coefficient (Wildman–Crippen LogP) is 2.10. The Labute approximate surface area is 78.5 Å². The maximum absolute atomic E-state index is 13.4. The van der Waals surface area contributed by atoms with Crippen molar-refractivity contribution in [1.29, 1.82) is 0 Å². The van der Waals surface area contributed by atoms with Gasteiger partial charge in [0.1, 0.15) is 5.83 Å². The lowest BCUT2D eigenvalue weighted by Gasteiger charge is -2.25. The van der Waals surface area contributed by atoms with Crippen molar-refractivity contribution < 1.29 is 17.6 Å². The van der Waals surface area contributed by atoms with E-state index < -0.39 is 23.3 Å². The van der Waals surface area contributed by atoms with Crippen LogP contribution in [-0.4, -0.2) is 12.3 Å². The molecule has 5 heteroatoms. The zero-order valence-electron chi connectivity index (χ0n) is 6.95. The van der Waals surface area contributed by atoms with Crippen molar-refractivity contribution in [3.63, 3.8) is 0 Å². The Morgan fingerprint density at radius 1 is 1.36 bits per heavy atom. The number of terminal acetylenes is 1. The molecule has 1 nitrogen and oxygen atoms in total. The molecule has 1 unspecified atom stereocenters. The molecule has 1 N–H and O–H groups in total. The maximum Gasteiger partial charge on any atom is 0.224 e. The van der Waals surface area contributed by atoms with E-state index in [-0.39, 0.29) is 19.0 Å². The van der Waals surface area contributed by atoms with Crippen LogP contribution in [0.3, 0.4) is 0 Å². The van der Waals surface area contributed by atoms with Crippen LogP contribution in [-0.2, 0) is 0 Å². The molecule has 0 bridgehead atoms. The fraction of sp³-hybridized carbons (Fsp3) is 0.222. The molecule has 75 valence electrons. The fourth-order valence-corrected chi connectivity index (χ4v) is 0.913. The lowest BCUT2D eigenvalue weighted by Crippen LogP contribution is -2.43. The third kappa shape index (κ3) is 1.96. The molecule has 0 aromatic carbocycles. The molecule has 0 heterocycles. The van der Waals surface area contributed by atoms with E-state index in [1.807, 2.05) is 11.2 Å². The summed E-state index contributed by atoms with van der Waals surface area (Å²) >= 11 is 0. The summed E-state index contributed by atoms with van der Waals surface area (Å²) in [5, 5.41) is 1.91. The molecular weight excluding hydrogens is 198 g/mol. The first-order chi connectivity index (χ1) is 6.49. The summed E-state index contributed by atoms with van der Waals surface area (Å²) in [4.78, 5) is 0. The number of halogens is 4. The number of rotatable bonds is 2. The molecule has 0 saturated heterocycles. The second-order valence-corrected chi connectivity index (χ2v) is 2.60. The summed E-state index contributed by atoms with van der Waals surface area (Å²) in [6.07, 6.45) is 5.10. The lowest BCUT2D eigenvalue weighted by molar-refractivity contribution is 0.165. The van der Waals surface area contributed by atoms with Crippen LogP contribution >= 0.6 is 0 Å². The van der Waals surface area contributed by atoms with E-state index in [9.17, 15) is 17.6 Å². The summed E-state index contributed by atoms with van der Waals surface area (Å²) in [6, 6.07) is 0. The molecule has 14 heavy (non-hydrogen) atoms. The second-order valence-electron chi connectivity index (χ2n) is 2.60. The van der Waals surface area contributed by atoms with Gasteiger partial charge in [-0.3, -0.25) is 5.32 Å². The molecule has 0 amide bonds. The van der Waals surface area contributed by atoms with Crippen LogP contribution < -0.4 is 5.32 Å². The highest BCUT2D eigenvalue weighted by Crippen LogP contribution is 2.34. The Morgan fingerprint density at radius 3 is 2.57 bits per heavy atom. The molecule has 0 aromatic heterocycles. The van der Waals surface area contributed by atoms with Gasteiger partial charge in [-0.05, 0) is 0 Å².